The van der Waals surface area contributed by atoms with Crippen LogP contribution in [0.3, 0.4) is 0 Å². The molecule has 0 spiro atoms. The molecule has 1 fully saturated rings. The van der Waals surface area contributed by atoms with Crippen molar-refractivity contribution in [2.45, 2.75) is 40.7 Å². The number of ether oxygens (including phenoxy) is 1. The predicted octanol–water partition coefficient (Wildman–Crippen LogP) is 4.94. The van der Waals surface area contributed by atoms with Gasteiger partial charge in [-0.05, 0) is 16.7 Å². The number of carbonyl (C=O) groups excluding carboxylic acids is 3. The maximum Gasteiger partial charge on any atom is 0.218 e. The Morgan fingerprint density at radius 2 is 0.764 bits per heavy atom. The van der Waals surface area contributed by atoms with E-state index in [1.54, 1.807) is 109 Å². The van der Waals surface area contributed by atoms with Gasteiger partial charge in [-0.15, -0.1) is 0 Å². The monoisotopic (exact) mass is 734 g/mol. The molecule has 1 unspecified atom stereocenters. The van der Waals surface area contributed by atoms with Gasteiger partial charge in [-0.3, -0.25) is 14.4 Å². The molecule has 7 rings (SSSR count). The Kier molecular flexibility index (Phi) is 10.0. The van der Waals surface area contributed by atoms with Gasteiger partial charge in [0.1, 0.15) is 12.2 Å². The van der Waals surface area contributed by atoms with Crippen LogP contribution in [0.4, 0.5) is 0 Å². The van der Waals surface area contributed by atoms with Gasteiger partial charge in [-0.25, -0.2) is 0 Å². The van der Waals surface area contributed by atoms with Crippen molar-refractivity contribution in [2.24, 2.45) is 0 Å². The van der Waals surface area contributed by atoms with E-state index < -0.39 is 58.1 Å². The quantitative estimate of drug-likeness (QED) is 0.0918. The van der Waals surface area contributed by atoms with Gasteiger partial charge in [-0.1, -0.05) is 182 Å². The number of hydrogen-bond acceptors (Lipinski definition) is 9. The van der Waals surface area contributed by atoms with Crippen LogP contribution in [0.1, 0.15) is 47.8 Å². The van der Waals surface area contributed by atoms with E-state index in [0.717, 1.165) is 0 Å². The van der Waals surface area contributed by atoms with E-state index in [1.165, 1.54) is 72.8 Å². The summed E-state index contributed by atoms with van der Waals surface area (Å²) in [6.45, 7) is 0. The summed E-state index contributed by atoms with van der Waals surface area (Å²) in [6.07, 6.45) is -7.39. The molecule has 9 heteroatoms. The fourth-order valence-corrected chi connectivity index (χ4v) is 7.99. The first-order chi connectivity index (χ1) is 26.5. The van der Waals surface area contributed by atoms with E-state index in [-0.39, 0.29) is 16.7 Å². The van der Waals surface area contributed by atoms with Crippen molar-refractivity contribution in [3.8, 4) is 0 Å². The maximum atomic E-state index is 15.2. The average molecular weight is 735 g/mol. The van der Waals surface area contributed by atoms with Crippen LogP contribution in [0, 0.1) is 0 Å². The second-order valence-electron chi connectivity index (χ2n) is 13.6. The van der Waals surface area contributed by atoms with Crippen LogP contribution in [-0.2, 0) is 10.2 Å². The number of benzene rings is 6. The molecule has 1 saturated heterocycles. The lowest BCUT2D eigenvalue weighted by Gasteiger charge is -2.59. The fourth-order valence-electron chi connectivity index (χ4n) is 7.99. The number of aliphatic hydroxyl groups excluding tert-OH is 2. The first kappa shape index (κ1) is 37.4. The van der Waals surface area contributed by atoms with E-state index in [1.807, 2.05) is 0 Å². The second-order valence-corrected chi connectivity index (χ2v) is 13.6. The molecule has 0 saturated carbocycles. The molecule has 0 aliphatic carbocycles. The van der Waals surface area contributed by atoms with Gasteiger partial charge in [0.15, 0.2) is 11.9 Å². The molecule has 6 atom stereocenters. The highest BCUT2D eigenvalue weighted by Crippen LogP contribution is 2.54. The summed E-state index contributed by atoms with van der Waals surface area (Å²) in [5.74, 6) is -4.30. The van der Waals surface area contributed by atoms with Crippen molar-refractivity contribution >= 4 is 17.3 Å². The van der Waals surface area contributed by atoms with Gasteiger partial charge in [0.25, 0.3) is 0 Å². The molecule has 1 heterocycles. The average Bonchev–Trinajstić information content (AvgIpc) is 3.25. The minimum atomic E-state index is -3.93. The minimum Gasteiger partial charge on any atom is -0.389 e. The van der Waals surface area contributed by atoms with Crippen LogP contribution in [0.25, 0.3) is 0 Å². The van der Waals surface area contributed by atoms with E-state index >= 15 is 9.59 Å². The fraction of sp³-hybridized carbons (Fsp3) is 0.152. The van der Waals surface area contributed by atoms with E-state index in [0.29, 0.717) is 16.7 Å². The highest BCUT2D eigenvalue weighted by atomic mass is 16.7. The number of Topliss-reactive ketones (excluding diaryl/α,β-unsaturated/α-hetero) is 3. The standard InChI is InChI=1S/C46H38O9/c47-37(31-19-7-1-8-20-31)44(52)41(40(50)43(34-25-13-4-14-26-34,35-27-15-5-16-28-35)36-29-17-6-18-30-36)55-42(51)45(53,38(48)32-21-9-2-10-22-32)46(44,54)39(49)33-23-11-3-12-24-33/h1-30,40-42,50-54H/t40?,41-,42+,44-,45-,46+/m1/s1. The van der Waals surface area contributed by atoms with Crippen LogP contribution in [0.2, 0.25) is 0 Å². The molecule has 6 aromatic rings. The van der Waals surface area contributed by atoms with E-state index in [2.05, 4.69) is 0 Å². The normalized spacial score (nSPS) is 24.4. The van der Waals surface area contributed by atoms with Crippen LogP contribution in [-0.4, -0.2) is 78.2 Å². The van der Waals surface area contributed by atoms with Gasteiger partial charge in [-0.2, -0.15) is 0 Å². The SMILES string of the molecule is O=C(c1ccccc1)[C@]1(O)[C@@](O)(C(=O)c2ccccc2)[C@@H](C(O)C(c2ccccc2)(c2ccccc2)c2ccccc2)O[C@H](O)[C@]1(O)C(=O)c1ccccc1. The minimum absolute atomic E-state index is 0.263. The van der Waals surface area contributed by atoms with Gasteiger partial charge in [0.05, 0.1) is 5.41 Å². The molecule has 276 valence electrons. The van der Waals surface area contributed by atoms with Gasteiger partial charge < -0.3 is 30.3 Å². The molecule has 55 heavy (non-hydrogen) atoms. The summed E-state index contributed by atoms with van der Waals surface area (Å²) in [7, 11) is 0. The van der Waals surface area contributed by atoms with Crippen LogP contribution >= 0.6 is 0 Å². The van der Waals surface area contributed by atoms with Crippen molar-refractivity contribution < 1.29 is 44.7 Å². The second kappa shape index (κ2) is 14.7. The Morgan fingerprint density at radius 3 is 1.11 bits per heavy atom. The summed E-state index contributed by atoms with van der Waals surface area (Å²) >= 11 is 0. The third-order valence-electron chi connectivity index (χ3n) is 10.7. The number of carbonyl (C=O) groups is 3. The molecule has 1 aliphatic heterocycles. The van der Waals surface area contributed by atoms with Gasteiger partial charge >= 0.3 is 0 Å². The number of rotatable bonds is 11. The molecule has 0 radical (unpaired) electrons. The van der Waals surface area contributed by atoms with Gasteiger partial charge in [0.2, 0.25) is 28.6 Å². The smallest absolute Gasteiger partial charge is 0.218 e. The number of aliphatic hydroxyl groups is 5. The molecule has 0 amide bonds. The first-order valence-electron chi connectivity index (χ1n) is 17.7. The molecule has 1 aliphatic rings. The number of ketones is 3. The van der Waals surface area contributed by atoms with Gasteiger partial charge in [0, 0.05) is 16.7 Å². The Labute approximate surface area is 317 Å². The molecule has 9 nitrogen and oxygen atoms in total. The maximum absolute atomic E-state index is 15.2. The summed E-state index contributed by atoms with van der Waals surface area (Å²) < 4.78 is 6.07. The highest BCUT2D eigenvalue weighted by Gasteiger charge is 2.82. The van der Waals surface area contributed by atoms with Crippen LogP contribution in [0.5, 0.6) is 0 Å². The molecule has 0 aromatic heterocycles. The molecular formula is C46H38O9. The van der Waals surface area contributed by atoms with Crippen LogP contribution < -0.4 is 0 Å². The Hall–Kier alpha value is -5.91. The van der Waals surface area contributed by atoms with Crippen molar-refractivity contribution in [1.29, 1.82) is 0 Å². The largest absolute Gasteiger partial charge is 0.389 e. The van der Waals surface area contributed by atoms with E-state index in [9.17, 15) is 30.3 Å². The third-order valence-corrected chi connectivity index (χ3v) is 10.7. The van der Waals surface area contributed by atoms with E-state index in [4.69, 9.17) is 4.74 Å². The van der Waals surface area contributed by atoms with Crippen molar-refractivity contribution in [3.05, 3.63) is 215 Å². The zero-order valence-electron chi connectivity index (χ0n) is 29.4. The first-order valence-corrected chi connectivity index (χ1v) is 17.7. The van der Waals surface area contributed by atoms with Crippen molar-refractivity contribution in [1.82, 2.24) is 0 Å². The van der Waals surface area contributed by atoms with Crippen LogP contribution in [0.15, 0.2) is 182 Å². The van der Waals surface area contributed by atoms with Crippen molar-refractivity contribution in [2.75, 3.05) is 0 Å². The summed E-state index contributed by atoms with van der Waals surface area (Å²) in [5, 5.41) is 64.8. The van der Waals surface area contributed by atoms with Crippen molar-refractivity contribution in [3.63, 3.8) is 0 Å². The lowest BCUT2D eigenvalue weighted by molar-refractivity contribution is -0.358. The Morgan fingerprint density at radius 1 is 0.473 bits per heavy atom. The summed E-state index contributed by atoms with van der Waals surface area (Å²) in [6, 6.07) is 47.1. The zero-order valence-corrected chi connectivity index (χ0v) is 29.4. The lowest BCUT2D eigenvalue weighted by Crippen LogP contribution is -2.88. The Bertz CT molecular complexity index is 2180. The lowest BCUT2D eigenvalue weighted by atomic mass is 9.54. The molecule has 5 N–H and O–H groups in total. The predicted molar refractivity (Wildman–Crippen MR) is 203 cm³/mol. The molecule has 0 bridgehead atoms. The zero-order chi connectivity index (χ0) is 38.8. The topological polar surface area (TPSA) is 162 Å². The summed E-state index contributed by atoms with van der Waals surface area (Å²) in [4.78, 5) is 44.9. The molecule has 6 aromatic carbocycles. The third kappa shape index (κ3) is 5.68. The molecular weight excluding hydrogens is 696 g/mol. The highest BCUT2D eigenvalue weighted by molar-refractivity contribution is 6.18. The summed E-state index contributed by atoms with van der Waals surface area (Å²) in [5.41, 5.74) is -12.7. The Balaban J connectivity index is 1.59. The number of hydrogen-bond donors (Lipinski definition) is 5.